The van der Waals surface area contributed by atoms with Crippen molar-refractivity contribution in [1.29, 1.82) is 0 Å². The molecule has 27 heavy (non-hydrogen) atoms. The zero-order valence-electron chi connectivity index (χ0n) is 15.8. The third kappa shape index (κ3) is 6.00. The highest BCUT2D eigenvalue weighted by molar-refractivity contribution is 6.32. The summed E-state index contributed by atoms with van der Waals surface area (Å²) in [4.78, 5) is 12.1. The highest BCUT2D eigenvalue weighted by Crippen LogP contribution is 2.37. The zero-order chi connectivity index (χ0) is 20.0. The number of hydrogen-bond donors (Lipinski definition) is 1. The number of carbonyl (C=O) groups excluding carboxylic acids is 1. The minimum atomic E-state index is -0.409. The van der Waals surface area contributed by atoms with Crippen molar-refractivity contribution in [2.75, 3.05) is 19.0 Å². The first kappa shape index (κ1) is 20.8. The summed E-state index contributed by atoms with van der Waals surface area (Å²) in [6.07, 6.45) is 2.95. The quantitative estimate of drug-likeness (QED) is 0.635. The lowest BCUT2D eigenvalue weighted by Crippen LogP contribution is -2.09. The predicted octanol–water partition coefficient (Wildman–Crippen LogP) is 5.48. The molecule has 1 N–H and O–H groups in total. The van der Waals surface area contributed by atoms with E-state index in [1.165, 1.54) is 25.3 Å². The molecule has 0 aliphatic rings. The summed E-state index contributed by atoms with van der Waals surface area (Å²) in [6, 6.07) is 7.66. The number of methoxy groups -OCH3 is 1. The van der Waals surface area contributed by atoms with Crippen molar-refractivity contribution in [3.8, 4) is 11.5 Å². The molecule has 0 heterocycles. The Morgan fingerprint density at radius 3 is 2.70 bits per heavy atom. The van der Waals surface area contributed by atoms with Gasteiger partial charge < -0.3 is 14.8 Å². The fourth-order valence-corrected chi connectivity index (χ4v) is 2.57. The summed E-state index contributed by atoms with van der Waals surface area (Å²) < 4.78 is 24.4. The summed E-state index contributed by atoms with van der Waals surface area (Å²) >= 11 is 6.30. The first-order chi connectivity index (χ1) is 12.8. The van der Waals surface area contributed by atoms with Gasteiger partial charge in [-0.2, -0.15) is 0 Å². The van der Waals surface area contributed by atoms with E-state index in [-0.39, 0.29) is 5.91 Å². The van der Waals surface area contributed by atoms with Crippen LogP contribution in [0.15, 0.2) is 36.4 Å². The Balaban J connectivity index is 2.15. The van der Waals surface area contributed by atoms with Crippen molar-refractivity contribution < 1.29 is 18.7 Å². The first-order valence-electron chi connectivity index (χ1n) is 8.55. The van der Waals surface area contributed by atoms with Crippen LogP contribution in [0, 0.1) is 18.7 Å². The molecular weight excluding hydrogens is 369 g/mol. The Labute approximate surface area is 163 Å². The van der Waals surface area contributed by atoms with E-state index >= 15 is 0 Å². The summed E-state index contributed by atoms with van der Waals surface area (Å²) in [6.45, 7) is 6.38. The van der Waals surface area contributed by atoms with E-state index in [4.69, 9.17) is 21.1 Å². The fourth-order valence-electron chi connectivity index (χ4n) is 2.30. The van der Waals surface area contributed by atoms with Crippen molar-refractivity contribution in [2.24, 2.45) is 5.92 Å². The lowest BCUT2D eigenvalue weighted by atomic mass is 10.1. The van der Waals surface area contributed by atoms with E-state index in [0.717, 1.165) is 5.56 Å². The Kier molecular flexibility index (Phi) is 7.25. The molecule has 0 fully saturated rings. The maximum atomic E-state index is 13.3. The van der Waals surface area contributed by atoms with Gasteiger partial charge in [0.25, 0.3) is 0 Å². The van der Waals surface area contributed by atoms with Crippen LogP contribution in [0.5, 0.6) is 11.5 Å². The number of amides is 1. The normalized spacial score (nSPS) is 11.1. The molecule has 4 nitrogen and oxygen atoms in total. The third-order valence-corrected chi connectivity index (χ3v) is 3.98. The Hall–Kier alpha value is -2.53. The highest BCUT2D eigenvalue weighted by Gasteiger charge is 2.12. The van der Waals surface area contributed by atoms with Gasteiger partial charge in [0.2, 0.25) is 5.91 Å². The molecule has 2 aromatic rings. The Morgan fingerprint density at radius 1 is 1.30 bits per heavy atom. The van der Waals surface area contributed by atoms with Crippen LogP contribution in [0.3, 0.4) is 0 Å². The molecule has 0 bridgehead atoms. The summed E-state index contributed by atoms with van der Waals surface area (Å²) in [5.74, 6) is 0.529. The number of carbonyl (C=O) groups is 1. The summed E-state index contributed by atoms with van der Waals surface area (Å²) in [5, 5.41) is 3.05. The second-order valence-electron chi connectivity index (χ2n) is 6.52. The molecule has 0 aliphatic heterocycles. The van der Waals surface area contributed by atoms with Crippen LogP contribution in [0.1, 0.15) is 25.0 Å². The Bertz CT molecular complexity index is 850. The van der Waals surface area contributed by atoms with Gasteiger partial charge in [-0.3, -0.25) is 4.79 Å². The smallest absolute Gasteiger partial charge is 0.248 e. The summed E-state index contributed by atoms with van der Waals surface area (Å²) in [7, 11) is 1.53. The van der Waals surface area contributed by atoms with Crippen LogP contribution in [0.4, 0.5) is 10.1 Å². The molecule has 0 saturated heterocycles. The monoisotopic (exact) mass is 391 g/mol. The molecule has 0 radical (unpaired) electrons. The topological polar surface area (TPSA) is 47.6 Å². The molecule has 0 atom stereocenters. The first-order valence-corrected chi connectivity index (χ1v) is 8.93. The van der Waals surface area contributed by atoms with Crippen LogP contribution < -0.4 is 14.8 Å². The number of rotatable bonds is 7. The molecule has 144 valence electrons. The van der Waals surface area contributed by atoms with Gasteiger partial charge in [0.1, 0.15) is 5.82 Å². The fraction of sp³-hybridized carbons (Fsp3) is 0.286. The number of nitrogens with one attached hydrogen (secondary N) is 1. The van der Waals surface area contributed by atoms with Crippen molar-refractivity contribution in [2.45, 2.75) is 20.8 Å². The highest BCUT2D eigenvalue weighted by atomic mass is 35.5. The largest absolute Gasteiger partial charge is 0.493 e. The van der Waals surface area contributed by atoms with Gasteiger partial charge in [-0.15, -0.1) is 0 Å². The van der Waals surface area contributed by atoms with Crippen LogP contribution in [0.25, 0.3) is 6.08 Å². The van der Waals surface area contributed by atoms with Crippen LogP contribution in [-0.2, 0) is 4.79 Å². The maximum absolute atomic E-state index is 13.3. The average Bonchev–Trinajstić information content (AvgIpc) is 2.61. The minimum absolute atomic E-state index is 0.348. The number of hydrogen-bond acceptors (Lipinski definition) is 3. The number of benzene rings is 2. The van der Waals surface area contributed by atoms with E-state index in [2.05, 4.69) is 5.32 Å². The molecule has 0 aromatic heterocycles. The van der Waals surface area contributed by atoms with Gasteiger partial charge in [0, 0.05) is 11.8 Å². The molecule has 0 spiro atoms. The van der Waals surface area contributed by atoms with E-state index in [1.807, 2.05) is 13.8 Å². The number of halogens is 2. The third-order valence-electron chi connectivity index (χ3n) is 3.70. The molecule has 2 rings (SSSR count). The minimum Gasteiger partial charge on any atom is -0.493 e. The summed E-state index contributed by atoms with van der Waals surface area (Å²) in [5.41, 5.74) is 1.88. The Morgan fingerprint density at radius 2 is 2.04 bits per heavy atom. The molecule has 1 amide bonds. The zero-order valence-corrected chi connectivity index (χ0v) is 16.6. The van der Waals surface area contributed by atoms with Gasteiger partial charge >= 0.3 is 0 Å². The predicted molar refractivity (Wildman–Crippen MR) is 107 cm³/mol. The van der Waals surface area contributed by atoms with Crippen molar-refractivity contribution in [3.05, 3.63) is 58.4 Å². The molecular formula is C21H23ClFNO3. The average molecular weight is 392 g/mol. The van der Waals surface area contributed by atoms with E-state index in [0.29, 0.717) is 40.3 Å². The van der Waals surface area contributed by atoms with Gasteiger partial charge in [-0.05, 0) is 54.3 Å². The molecule has 2 aromatic carbocycles. The second kappa shape index (κ2) is 9.42. The SMILES string of the molecule is COc1cc(/C=C/C(=O)Nc2cc(F)ccc2C)cc(Cl)c1OCC(C)C. The number of aryl methyl sites for hydroxylation is 1. The molecule has 0 saturated carbocycles. The van der Waals surface area contributed by atoms with Gasteiger partial charge in [0.15, 0.2) is 11.5 Å². The van der Waals surface area contributed by atoms with E-state index in [9.17, 15) is 9.18 Å². The number of ether oxygens (including phenoxy) is 2. The maximum Gasteiger partial charge on any atom is 0.248 e. The molecule has 0 unspecified atom stereocenters. The molecule has 0 aliphatic carbocycles. The van der Waals surface area contributed by atoms with E-state index < -0.39 is 5.82 Å². The van der Waals surface area contributed by atoms with Crippen LogP contribution in [0.2, 0.25) is 5.02 Å². The van der Waals surface area contributed by atoms with Crippen molar-refractivity contribution in [3.63, 3.8) is 0 Å². The second-order valence-corrected chi connectivity index (χ2v) is 6.93. The van der Waals surface area contributed by atoms with Gasteiger partial charge in [0.05, 0.1) is 18.7 Å². The standard InChI is InChI=1S/C21H23ClFNO3/c1-13(2)12-27-21-17(22)9-15(10-19(21)26-4)6-8-20(25)24-18-11-16(23)7-5-14(18)3/h5-11,13H,12H2,1-4H3,(H,24,25)/b8-6+. The number of anilines is 1. The lowest BCUT2D eigenvalue weighted by molar-refractivity contribution is -0.111. The van der Waals surface area contributed by atoms with E-state index in [1.54, 1.807) is 31.2 Å². The van der Waals surface area contributed by atoms with Crippen LogP contribution >= 0.6 is 11.6 Å². The molecule has 6 heteroatoms. The van der Waals surface area contributed by atoms with Crippen molar-refractivity contribution >= 4 is 29.3 Å². The van der Waals surface area contributed by atoms with Crippen LogP contribution in [-0.4, -0.2) is 19.6 Å². The van der Waals surface area contributed by atoms with Gasteiger partial charge in [-0.25, -0.2) is 4.39 Å². The van der Waals surface area contributed by atoms with Gasteiger partial charge in [-0.1, -0.05) is 31.5 Å². The van der Waals surface area contributed by atoms with Crippen molar-refractivity contribution in [1.82, 2.24) is 0 Å². The lowest BCUT2D eigenvalue weighted by Gasteiger charge is -2.14.